The summed E-state index contributed by atoms with van der Waals surface area (Å²) < 4.78 is 0. The molecule has 0 aromatic carbocycles. The van der Waals surface area contributed by atoms with Crippen molar-refractivity contribution in [3.8, 4) is 0 Å². The number of hydrogen-bond acceptors (Lipinski definition) is 4. The maximum absolute atomic E-state index is 10.9. The molecule has 1 aliphatic carbocycles. The fourth-order valence-corrected chi connectivity index (χ4v) is 2.32. The molecule has 0 amide bonds. The van der Waals surface area contributed by atoms with E-state index in [0.717, 1.165) is 12.1 Å². The van der Waals surface area contributed by atoms with Crippen LogP contribution < -0.4 is 5.73 Å². The van der Waals surface area contributed by atoms with Crippen LogP contribution in [0.1, 0.15) is 19.8 Å². The van der Waals surface area contributed by atoms with E-state index in [0.29, 0.717) is 6.42 Å². The predicted molar refractivity (Wildman–Crippen MR) is 49.8 cm³/mol. The Bertz CT molecular complexity index is 290. The first-order valence-electron chi connectivity index (χ1n) is 4.86. The van der Waals surface area contributed by atoms with Crippen LogP contribution in [0.2, 0.25) is 0 Å². The zero-order valence-corrected chi connectivity index (χ0v) is 8.01. The second-order valence-corrected chi connectivity index (χ2v) is 3.87. The third-order valence-corrected chi connectivity index (χ3v) is 3.15. The average molecular weight is 198 g/mol. The molecule has 1 fully saturated rings. The van der Waals surface area contributed by atoms with Crippen molar-refractivity contribution in [3.63, 3.8) is 0 Å². The van der Waals surface area contributed by atoms with E-state index >= 15 is 0 Å². The first-order chi connectivity index (χ1) is 6.65. The van der Waals surface area contributed by atoms with Crippen LogP contribution in [0.15, 0.2) is 5.16 Å². The molecule has 2 rings (SSSR count). The number of rotatable bonds is 2. The molecule has 0 aromatic heterocycles. The Labute approximate surface area is 81.9 Å². The third-order valence-electron chi connectivity index (χ3n) is 3.15. The molecule has 0 aromatic rings. The van der Waals surface area contributed by atoms with Crippen LogP contribution in [-0.2, 0) is 9.63 Å². The summed E-state index contributed by atoms with van der Waals surface area (Å²) in [6, 6.07) is -0.426. The summed E-state index contributed by atoms with van der Waals surface area (Å²) in [4.78, 5) is 16.0. The smallest absolute Gasteiger partial charge is 0.308 e. The first kappa shape index (κ1) is 9.45. The van der Waals surface area contributed by atoms with Crippen molar-refractivity contribution in [2.45, 2.75) is 31.9 Å². The number of nitrogens with zero attached hydrogens (tertiary/aromatic N) is 1. The molecular weight excluding hydrogens is 184 g/mol. The van der Waals surface area contributed by atoms with Crippen molar-refractivity contribution in [2.24, 2.45) is 22.7 Å². The molecule has 4 atom stereocenters. The fraction of sp³-hybridized carbons (Fsp3) is 0.778. The Morgan fingerprint density at radius 2 is 2.50 bits per heavy atom. The Morgan fingerprint density at radius 1 is 1.79 bits per heavy atom. The summed E-state index contributed by atoms with van der Waals surface area (Å²) in [5.41, 5.74) is 6.76. The summed E-state index contributed by atoms with van der Waals surface area (Å²) in [6.45, 7) is 1.99. The minimum atomic E-state index is -0.828. The molecule has 0 unspecified atom stereocenters. The van der Waals surface area contributed by atoms with E-state index < -0.39 is 17.9 Å². The van der Waals surface area contributed by atoms with Gasteiger partial charge in [0, 0.05) is 5.92 Å². The first-order valence-corrected chi connectivity index (χ1v) is 4.86. The highest BCUT2D eigenvalue weighted by molar-refractivity contribution is 5.89. The molecule has 1 heterocycles. The zero-order chi connectivity index (χ0) is 10.3. The van der Waals surface area contributed by atoms with Crippen molar-refractivity contribution in [1.29, 1.82) is 0 Å². The molecule has 5 heteroatoms. The van der Waals surface area contributed by atoms with E-state index in [9.17, 15) is 4.79 Å². The van der Waals surface area contributed by atoms with Gasteiger partial charge in [0.15, 0.2) is 6.10 Å². The van der Waals surface area contributed by atoms with Crippen LogP contribution >= 0.6 is 0 Å². The van der Waals surface area contributed by atoms with Gasteiger partial charge in [-0.25, -0.2) is 0 Å². The summed E-state index contributed by atoms with van der Waals surface area (Å²) in [5, 5.41) is 12.8. The van der Waals surface area contributed by atoms with E-state index in [1.54, 1.807) is 0 Å². The van der Waals surface area contributed by atoms with Gasteiger partial charge in [-0.1, -0.05) is 12.1 Å². The lowest BCUT2D eigenvalue weighted by Gasteiger charge is -2.14. The molecule has 3 N–H and O–H groups in total. The van der Waals surface area contributed by atoms with Gasteiger partial charge in [0.05, 0.1) is 17.7 Å². The third kappa shape index (κ3) is 1.19. The van der Waals surface area contributed by atoms with Gasteiger partial charge in [0.1, 0.15) is 0 Å². The van der Waals surface area contributed by atoms with Crippen molar-refractivity contribution in [3.05, 3.63) is 0 Å². The summed E-state index contributed by atoms with van der Waals surface area (Å²) in [5.74, 6) is -1.19. The number of nitrogens with two attached hydrogens (primary N) is 1. The Kier molecular flexibility index (Phi) is 2.19. The van der Waals surface area contributed by atoms with Gasteiger partial charge in [-0.3, -0.25) is 4.79 Å². The van der Waals surface area contributed by atoms with Crippen molar-refractivity contribution < 1.29 is 14.7 Å². The van der Waals surface area contributed by atoms with Crippen LogP contribution in [0, 0.1) is 11.8 Å². The monoisotopic (exact) mass is 198 g/mol. The zero-order valence-electron chi connectivity index (χ0n) is 8.01. The number of aliphatic carboxylic acids is 1. The lowest BCUT2D eigenvalue weighted by Crippen LogP contribution is -2.39. The fourth-order valence-electron chi connectivity index (χ4n) is 2.32. The molecule has 0 bridgehead atoms. The quantitative estimate of drug-likeness (QED) is 0.663. The maximum Gasteiger partial charge on any atom is 0.308 e. The van der Waals surface area contributed by atoms with E-state index in [-0.39, 0.29) is 12.0 Å². The standard InChI is InChI=1S/C9H14N2O3/c1-2-6-4-3-5(9(12)13)7(10)8(4)14-11-6/h4-5,7-8H,2-3,10H2,1H3,(H,12,13)/t4-,5+,7-,8+/m1/s1. The van der Waals surface area contributed by atoms with Gasteiger partial charge < -0.3 is 15.7 Å². The number of carboxylic acids is 1. The van der Waals surface area contributed by atoms with Gasteiger partial charge >= 0.3 is 5.97 Å². The molecule has 14 heavy (non-hydrogen) atoms. The molecule has 1 saturated carbocycles. The molecule has 0 saturated heterocycles. The molecule has 0 spiro atoms. The van der Waals surface area contributed by atoms with Crippen molar-refractivity contribution >= 4 is 11.7 Å². The highest BCUT2D eigenvalue weighted by Crippen LogP contribution is 2.38. The van der Waals surface area contributed by atoms with E-state index in [1.165, 1.54) is 0 Å². The maximum atomic E-state index is 10.9. The number of fused-ring (bicyclic) bond motifs is 1. The summed E-state index contributed by atoms with van der Waals surface area (Å²) in [7, 11) is 0. The van der Waals surface area contributed by atoms with Gasteiger partial charge in [-0.05, 0) is 12.8 Å². The number of carboxylic acid groups (broad SMARTS) is 1. The predicted octanol–water partition coefficient (Wildman–Crippen LogP) is 0.199. The van der Waals surface area contributed by atoms with Gasteiger partial charge in [-0.2, -0.15) is 0 Å². The minimum absolute atomic E-state index is 0.121. The van der Waals surface area contributed by atoms with Crippen LogP contribution in [0.4, 0.5) is 0 Å². The minimum Gasteiger partial charge on any atom is -0.481 e. The number of oxime groups is 1. The second-order valence-electron chi connectivity index (χ2n) is 3.87. The Morgan fingerprint density at radius 3 is 3.07 bits per heavy atom. The Hall–Kier alpha value is -1.10. The summed E-state index contributed by atoms with van der Waals surface area (Å²) in [6.07, 6.45) is 1.15. The molecule has 1 aliphatic heterocycles. The SMILES string of the molecule is CCC1=NO[C@@H]2[C@H](N)[C@@H](C(=O)O)C[C@H]12. The van der Waals surface area contributed by atoms with Crippen LogP contribution in [0.5, 0.6) is 0 Å². The van der Waals surface area contributed by atoms with Crippen LogP contribution in [0.3, 0.4) is 0 Å². The molecule has 2 aliphatic rings. The molecular formula is C9H14N2O3. The lowest BCUT2D eigenvalue weighted by molar-refractivity contribution is -0.142. The van der Waals surface area contributed by atoms with E-state index in [4.69, 9.17) is 15.7 Å². The second kappa shape index (κ2) is 3.24. The lowest BCUT2D eigenvalue weighted by atomic mass is 9.97. The van der Waals surface area contributed by atoms with Crippen molar-refractivity contribution in [1.82, 2.24) is 0 Å². The van der Waals surface area contributed by atoms with Crippen LogP contribution in [-0.4, -0.2) is 28.9 Å². The van der Waals surface area contributed by atoms with Crippen molar-refractivity contribution in [2.75, 3.05) is 0 Å². The Balaban J connectivity index is 2.15. The van der Waals surface area contributed by atoms with Crippen LogP contribution in [0.25, 0.3) is 0 Å². The molecule has 0 radical (unpaired) electrons. The normalized spacial score (nSPS) is 40.3. The van der Waals surface area contributed by atoms with E-state index in [1.807, 2.05) is 6.92 Å². The topological polar surface area (TPSA) is 84.9 Å². The molecule has 5 nitrogen and oxygen atoms in total. The van der Waals surface area contributed by atoms with Gasteiger partial charge in [0.25, 0.3) is 0 Å². The summed E-state index contributed by atoms with van der Waals surface area (Å²) >= 11 is 0. The number of carbonyl (C=O) groups is 1. The van der Waals surface area contributed by atoms with Gasteiger partial charge in [-0.15, -0.1) is 0 Å². The van der Waals surface area contributed by atoms with Gasteiger partial charge in [0.2, 0.25) is 0 Å². The number of hydrogen-bond donors (Lipinski definition) is 2. The largest absolute Gasteiger partial charge is 0.481 e. The highest BCUT2D eigenvalue weighted by Gasteiger charge is 2.50. The molecule has 78 valence electrons. The highest BCUT2D eigenvalue weighted by atomic mass is 16.6. The van der Waals surface area contributed by atoms with E-state index in [2.05, 4.69) is 5.16 Å². The average Bonchev–Trinajstić information content (AvgIpc) is 2.66.